The van der Waals surface area contributed by atoms with Crippen LogP contribution < -0.4 is 5.32 Å². The van der Waals surface area contributed by atoms with Crippen molar-refractivity contribution in [1.29, 1.82) is 0 Å². The van der Waals surface area contributed by atoms with E-state index in [2.05, 4.69) is 33.4 Å². The molecule has 2 rings (SSSR count). The molecule has 1 N–H and O–H groups in total. The van der Waals surface area contributed by atoms with Crippen LogP contribution in [0.5, 0.6) is 0 Å². The van der Waals surface area contributed by atoms with Crippen LogP contribution >= 0.6 is 15.9 Å². The Morgan fingerprint density at radius 1 is 1.37 bits per heavy atom. The van der Waals surface area contributed by atoms with Crippen molar-refractivity contribution in [2.24, 2.45) is 0 Å². The Hall–Kier alpha value is -0.390. The minimum absolute atomic E-state index is 0.0221. The largest absolute Gasteiger partial charge is 0.315 e. The van der Waals surface area contributed by atoms with Gasteiger partial charge in [0.15, 0.2) is 9.84 Å². The number of halogens is 1. The second-order valence-electron chi connectivity index (χ2n) is 5.56. The van der Waals surface area contributed by atoms with Gasteiger partial charge in [0.1, 0.15) is 0 Å². The van der Waals surface area contributed by atoms with Crippen molar-refractivity contribution >= 4 is 25.8 Å². The van der Waals surface area contributed by atoms with Gasteiger partial charge in [-0.05, 0) is 38.0 Å². The predicted octanol–water partition coefficient (Wildman–Crippen LogP) is 2.50. The smallest absolute Gasteiger partial charge is 0.152 e. The Morgan fingerprint density at radius 3 is 2.53 bits per heavy atom. The molecule has 1 aromatic rings. The molecule has 1 fully saturated rings. The quantitative estimate of drug-likeness (QED) is 0.891. The van der Waals surface area contributed by atoms with E-state index in [4.69, 9.17) is 0 Å². The molecule has 1 heterocycles. The average Bonchev–Trinajstić information content (AvgIpc) is 2.27. The zero-order valence-electron chi connectivity index (χ0n) is 11.3. The summed E-state index contributed by atoms with van der Waals surface area (Å²) in [7, 11) is -2.97. The molecule has 0 atom stereocenters. The van der Waals surface area contributed by atoms with E-state index >= 15 is 0 Å². The Labute approximate surface area is 123 Å². The first-order valence-corrected chi connectivity index (χ1v) is 9.05. The summed E-state index contributed by atoms with van der Waals surface area (Å²) in [4.78, 5) is 0. The van der Waals surface area contributed by atoms with Crippen molar-refractivity contribution in [3.63, 3.8) is 0 Å². The number of rotatable bonds is 5. The maximum Gasteiger partial charge on any atom is 0.152 e. The van der Waals surface area contributed by atoms with E-state index < -0.39 is 9.84 Å². The molecular formula is C14H20BrNO2S. The van der Waals surface area contributed by atoms with Crippen LogP contribution in [0.3, 0.4) is 0 Å². The number of hydrogen-bond acceptors (Lipinski definition) is 3. The summed E-state index contributed by atoms with van der Waals surface area (Å²) < 4.78 is 25.0. The molecule has 106 valence electrons. The molecule has 0 radical (unpaired) electrons. The summed E-state index contributed by atoms with van der Waals surface area (Å²) in [6, 6.07) is 8.20. The molecule has 3 nitrogen and oxygen atoms in total. The van der Waals surface area contributed by atoms with Gasteiger partial charge < -0.3 is 5.32 Å². The summed E-state index contributed by atoms with van der Waals surface area (Å²) in [5, 5.41) is 2.98. The average molecular weight is 346 g/mol. The highest BCUT2D eigenvalue weighted by Crippen LogP contribution is 2.34. The molecule has 0 unspecified atom stereocenters. The summed E-state index contributed by atoms with van der Waals surface area (Å²) in [5.74, 6) is 0.263. The van der Waals surface area contributed by atoms with Crippen molar-refractivity contribution < 1.29 is 8.42 Å². The normalized spacial score (nSPS) is 18.3. The van der Waals surface area contributed by atoms with Crippen LogP contribution in [0.15, 0.2) is 28.7 Å². The lowest BCUT2D eigenvalue weighted by Crippen LogP contribution is -2.57. The van der Waals surface area contributed by atoms with Crippen LogP contribution in [0.2, 0.25) is 0 Å². The van der Waals surface area contributed by atoms with E-state index in [0.29, 0.717) is 6.42 Å². The second-order valence-corrected chi connectivity index (χ2v) is 9.15. The zero-order chi connectivity index (χ0) is 14.1. The van der Waals surface area contributed by atoms with Crippen LogP contribution in [-0.4, -0.2) is 32.5 Å². The molecule has 1 aliphatic heterocycles. The molecule has 0 spiro atoms. The van der Waals surface area contributed by atoms with Gasteiger partial charge in [-0.1, -0.05) is 28.1 Å². The third-order valence-electron chi connectivity index (χ3n) is 3.95. The van der Waals surface area contributed by atoms with Crippen LogP contribution in [0.1, 0.15) is 25.8 Å². The molecule has 0 amide bonds. The molecule has 19 heavy (non-hydrogen) atoms. The fourth-order valence-electron chi connectivity index (χ4n) is 2.34. The Kier molecular flexibility index (Phi) is 4.38. The standard InChI is InChI=1S/C14H20BrNO2S/c1-11(2)19(17,18)7-6-14(9-16-10-14)12-4-3-5-13(15)8-12/h3-5,8,11,16H,6-7,9-10H2,1-2H3. The fourth-order valence-corrected chi connectivity index (χ4v) is 3.89. The molecule has 0 aliphatic carbocycles. The van der Waals surface area contributed by atoms with E-state index in [0.717, 1.165) is 17.6 Å². The van der Waals surface area contributed by atoms with E-state index in [1.807, 2.05) is 12.1 Å². The van der Waals surface area contributed by atoms with Gasteiger partial charge in [0.2, 0.25) is 0 Å². The number of nitrogens with one attached hydrogen (secondary N) is 1. The Morgan fingerprint density at radius 2 is 2.05 bits per heavy atom. The maximum absolute atomic E-state index is 12.0. The lowest BCUT2D eigenvalue weighted by molar-refractivity contribution is 0.268. The van der Waals surface area contributed by atoms with Gasteiger partial charge in [-0.25, -0.2) is 8.42 Å². The lowest BCUT2D eigenvalue weighted by Gasteiger charge is -2.43. The highest BCUT2D eigenvalue weighted by atomic mass is 79.9. The summed E-state index contributed by atoms with van der Waals surface area (Å²) in [6.07, 6.45) is 0.691. The second kappa shape index (κ2) is 5.54. The van der Waals surface area contributed by atoms with Gasteiger partial charge in [0.25, 0.3) is 0 Å². The van der Waals surface area contributed by atoms with Crippen molar-refractivity contribution in [2.75, 3.05) is 18.8 Å². The SMILES string of the molecule is CC(C)S(=O)(=O)CCC1(c2cccc(Br)c2)CNC1. The van der Waals surface area contributed by atoms with Gasteiger partial charge in [-0.2, -0.15) is 0 Å². The lowest BCUT2D eigenvalue weighted by atomic mass is 9.73. The molecule has 1 aliphatic rings. The minimum Gasteiger partial charge on any atom is -0.315 e. The summed E-state index contributed by atoms with van der Waals surface area (Å²) in [6.45, 7) is 5.22. The van der Waals surface area contributed by atoms with Crippen LogP contribution in [0.4, 0.5) is 0 Å². The van der Waals surface area contributed by atoms with E-state index in [1.165, 1.54) is 5.56 Å². The molecule has 1 aromatic carbocycles. The fraction of sp³-hybridized carbons (Fsp3) is 0.571. The van der Waals surface area contributed by atoms with Gasteiger partial charge in [-0.3, -0.25) is 0 Å². The molecular weight excluding hydrogens is 326 g/mol. The topological polar surface area (TPSA) is 46.2 Å². The minimum atomic E-state index is -2.97. The number of sulfone groups is 1. The monoisotopic (exact) mass is 345 g/mol. The highest BCUT2D eigenvalue weighted by molar-refractivity contribution is 9.10. The highest BCUT2D eigenvalue weighted by Gasteiger charge is 2.39. The predicted molar refractivity (Wildman–Crippen MR) is 82.2 cm³/mol. The third kappa shape index (κ3) is 3.20. The Bertz CT molecular complexity index is 550. The van der Waals surface area contributed by atoms with Crippen molar-refractivity contribution in [3.8, 4) is 0 Å². The van der Waals surface area contributed by atoms with Crippen molar-refractivity contribution in [2.45, 2.75) is 30.9 Å². The maximum atomic E-state index is 12.0. The van der Waals surface area contributed by atoms with Gasteiger partial charge in [0, 0.05) is 23.0 Å². The molecule has 0 aromatic heterocycles. The molecule has 1 saturated heterocycles. The molecule has 0 bridgehead atoms. The molecule has 5 heteroatoms. The number of benzene rings is 1. The summed E-state index contributed by atoms with van der Waals surface area (Å²) in [5.41, 5.74) is 1.20. The number of hydrogen-bond donors (Lipinski definition) is 1. The first kappa shape index (κ1) is 15.0. The van der Waals surface area contributed by atoms with Crippen LogP contribution in [0, 0.1) is 0 Å². The Balaban J connectivity index is 2.16. The summed E-state index contributed by atoms with van der Waals surface area (Å²) >= 11 is 3.48. The van der Waals surface area contributed by atoms with E-state index in [9.17, 15) is 8.42 Å². The van der Waals surface area contributed by atoms with Gasteiger partial charge >= 0.3 is 0 Å². The van der Waals surface area contributed by atoms with Crippen LogP contribution in [0.25, 0.3) is 0 Å². The first-order valence-electron chi connectivity index (χ1n) is 6.54. The van der Waals surface area contributed by atoms with Crippen molar-refractivity contribution in [3.05, 3.63) is 34.3 Å². The third-order valence-corrected chi connectivity index (χ3v) is 6.65. The van der Waals surface area contributed by atoms with E-state index in [1.54, 1.807) is 13.8 Å². The first-order chi connectivity index (χ1) is 8.86. The van der Waals surface area contributed by atoms with Gasteiger partial charge in [0.05, 0.1) is 11.0 Å². The van der Waals surface area contributed by atoms with Gasteiger partial charge in [-0.15, -0.1) is 0 Å². The molecule has 0 saturated carbocycles. The van der Waals surface area contributed by atoms with Crippen molar-refractivity contribution in [1.82, 2.24) is 5.32 Å². The van der Waals surface area contributed by atoms with E-state index in [-0.39, 0.29) is 16.4 Å². The van der Waals surface area contributed by atoms with Crippen LogP contribution in [-0.2, 0) is 15.3 Å². The zero-order valence-corrected chi connectivity index (χ0v) is 13.7.